The first kappa shape index (κ1) is 23.0. The lowest BCUT2D eigenvalue weighted by atomic mass is 10.2. The SMILES string of the molecule is Cc1ccc(OC[C@H](C)NC(=O)[C@@H](C)N(c2ccc(C)c(Cl)c2)S(C)(=O)=O)cc1. The quantitative estimate of drug-likeness (QED) is 0.681. The van der Waals surface area contributed by atoms with Crippen molar-refractivity contribution >= 4 is 33.2 Å². The maximum absolute atomic E-state index is 12.7. The van der Waals surface area contributed by atoms with Crippen molar-refractivity contribution in [2.24, 2.45) is 0 Å². The maximum Gasteiger partial charge on any atom is 0.243 e. The van der Waals surface area contributed by atoms with Crippen molar-refractivity contribution in [1.29, 1.82) is 0 Å². The second-order valence-corrected chi connectivity index (χ2v) is 9.47. The number of anilines is 1. The number of amides is 1. The van der Waals surface area contributed by atoms with Gasteiger partial charge in [-0.1, -0.05) is 35.4 Å². The number of benzene rings is 2. The lowest BCUT2D eigenvalue weighted by Crippen LogP contribution is -2.50. The molecule has 0 saturated carbocycles. The molecule has 2 rings (SSSR count). The van der Waals surface area contributed by atoms with E-state index in [2.05, 4.69) is 5.32 Å². The van der Waals surface area contributed by atoms with Crippen LogP contribution in [0.5, 0.6) is 5.75 Å². The minimum atomic E-state index is -3.70. The van der Waals surface area contributed by atoms with Crippen LogP contribution in [-0.2, 0) is 14.8 Å². The number of hydrogen-bond donors (Lipinski definition) is 1. The summed E-state index contributed by atoms with van der Waals surface area (Å²) in [5.41, 5.74) is 2.29. The molecule has 1 N–H and O–H groups in total. The maximum atomic E-state index is 12.7. The molecule has 158 valence electrons. The van der Waals surface area contributed by atoms with E-state index in [0.29, 0.717) is 16.5 Å². The fraction of sp³-hybridized carbons (Fsp3) is 0.381. The molecule has 8 heteroatoms. The van der Waals surface area contributed by atoms with Crippen LogP contribution in [0.2, 0.25) is 5.02 Å². The van der Waals surface area contributed by atoms with Crippen LogP contribution in [0.4, 0.5) is 5.69 Å². The third-order valence-corrected chi connectivity index (χ3v) is 6.06. The fourth-order valence-electron chi connectivity index (χ4n) is 2.79. The van der Waals surface area contributed by atoms with E-state index in [-0.39, 0.29) is 12.6 Å². The largest absolute Gasteiger partial charge is 0.491 e. The summed E-state index contributed by atoms with van der Waals surface area (Å²) in [5.74, 6) is 0.281. The summed E-state index contributed by atoms with van der Waals surface area (Å²) in [6, 6.07) is 11.2. The molecule has 0 unspecified atom stereocenters. The Hall–Kier alpha value is -2.25. The van der Waals surface area contributed by atoms with E-state index in [4.69, 9.17) is 16.3 Å². The van der Waals surface area contributed by atoms with E-state index in [9.17, 15) is 13.2 Å². The minimum absolute atomic E-state index is 0.261. The summed E-state index contributed by atoms with van der Waals surface area (Å²) in [5, 5.41) is 3.24. The van der Waals surface area contributed by atoms with Crippen LogP contribution in [-0.4, -0.2) is 39.3 Å². The molecule has 0 fully saturated rings. The number of ether oxygens (including phenoxy) is 1. The van der Waals surface area contributed by atoms with Crippen molar-refractivity contribution < 1.29 is 17.9 Å². The molecule has 0 heterocycles. The van der Waals surface area contributed by atoms with Gasteiger partial charge in [0.05, 0.1) is 18.0 Å². The van der Waals surface area contributed by atoms with Gasteiger partial charge in [-0.05, 0) is 57.5 Å². The first-order valence-corrected chi connectivity index (χ1v) is 11.5. The molecule has 0 aliphatic rings. The topological polar surface area (TPSA) is 75.7 Å². The molecule has 1 amide bonds. The summed E-state index contributed by atoms with van der Waals surface area (Å²) < 4.78 is 31.5. The lowest BCUT2D eigenvalue weighted by molar-refractivity contribution is -0.122. The average Bonchev–Trinajstić information content (AvgIpc) is 2.63. The van der Waals surface area contributed by atoms with Gasteiger partial charge < -0.3 is 10.1 Å². The Kier molecular flexibility index (Phi) is 7.54. The Morgan fingerprint density at radius 1 is 1.14 bits per heavy atom. The standard InChI is InChI=1S/C21H27ClN2O4S/c1-14-6-10-19(11-7-14)28-13-16(3)23-21(25)17(4)24(29(5,26)27)18-9-8-15(2)20(22)12-18/h6-12,16-17H,13H2,1-5H3,(H,23,25)/t16-,17+/m0/s1. The number of aryl methyl sites for hydroxylation is 2. The molecule has 0 bridgehead atoms. The number of carbonyl (C=O) groups is 1. The van der Waals surface area contributed by atoms with E-state index >= 15 is 0 Å². The highest BCUT2D eigenvalue weighted by atomic mass is 35.5. The Bertz CT molecular complexity index is 961. The molecule has 2 aromatic carbocycles. The monoisotopic (exact) mass is 438 g/mol. The van der Waals surface area contributed by atoms with Crippen LogP contribution in [0.25, 0.3) is 0 Å². The molecule has 0 spiro atoms. The molecule has 6 nitrogen and oxygen atoms in total. The first-order valence-electron chi connectivity index (χ1n) is 9.24. The molecule has 29 heavy (non-hydrogen) atoms. The Morgan fingerprint density at radius 3 is 2.31 bits per heavy atom. The van der Waals surface area contributed by atoms with E-state index < -0.39 is 22.0 Å². The number of carbonyl (C=O) groups excluding carboxylic acids is 1. The van der Waals surface area contributed by atoms with Crippen LogP contribution in [0.15, 0.2) is 42.5 Å². The van der Waals surface area contributed by atoms with Crippen molar-refractivity contribution in [3.8, 4) is 5.75 Å². The van der Waals surface area contributed by atoms with Gasteiger partial charge in [-0.3, -0.25) is 9.10 Å². The molecular formula is C21H27ClN2O4S. The van der Waals surface area contributed by atoms with Gasteiger partial charge in [0.15, 0.2) is 0 Å². The zero-order valence-electron chi connectivity index (χ0n) is 17.3. The number of hydrogen-bond acceptors (Lipinski definition) is 4. The summed E-state index contributed by atoms with van der Waals surface area (Å²) in [4.78, 5) is 12.7. The van der Waals surface area contributed by atoms with Crippen molar-refractivity contribution in [3.63, 3.8) is 0 Å². The van der Waals surface area contributed by atoms with Crippen LogP contribution in [0.3, 0.4) is 0 Å². The molecule has 0 radical (unpaired) electrons. The van der Waals surface area contributed by atoms with Crippen LogP contribution in [0, 0.1) is 13.8 Å². The Labute approximate surface area is 177 Å². The molecule has 0 aliphatic heterocycles. The third-order valence-electron chi connectivity index (χ3n) is 4.41. The Morgan fingerprint density at radius 2 is 1.76 bits per heavy atom. The van der Waals surface area contributed by atoms with Gasteiger partial charge in [0.2, 0.25) is 15.9 Å². The van der Waals surface area contributed by atoms with Gasteiger partial charge in [-0.25, -0.2) is 8.42 Å². The number of nitrogens with zero attached hydrogens (tertiary/aromatic N) is 1. The zero-order valence-corrected chi connectivity index (χ0v) is 18.8. The van der Waals surface area contributed by atoms with Gasteiger partial charge in [0.25, 0.3) is 0 Å². The van der Waals surface area contributed by atoms with Gasteiger partial charge in [0, 0.05) is 5.02 Å². The van der Waals surface area contributed by atoms with Crippen LogP contribution < -0.4 is 14.4 Å². The molecule has 0 aromatic heterocycles. The van der Waals surface area contributed by atoms with E-state index in [0.717, 1.165) is 21.7 Å². The second kappa shape index (κ2) is 9.50. The normalized spacial score (nSPS) is 13.4. The zero-order chi connectivity index (χ0) is 21.8. The molecule has 2 atom stereocenters. The van der Waals surface area contributed by atoms with Crippen molar-refractivity contribution in [2.45, 2.75) is 39.8 Å². The van der Waals surface area contributed by atoms with Gasteiger partial charge >= 0.3 is 0 Å². The van der Waals surface area contributed by atoms with E-state index in [1.165, 1.54) is 6.92 Å². The van der Waals surface area contributed by atoms with E-state index in [1.54, 1.807) is 25.1 Å². The van der Waals surface area contributed by atoms with E-state index in [1.807, 2.05) is 38.1 Å². The number of nitrogens with one attached hydrogen (secondary N) is 1. The molecule has 0 aliphatic carbocycles. The fourth-order valence-corrected chi connectivity index (χ4v) is 4.13. The lowest BCUT2D eigenvalue weighted by Gasteiger charge is -2.29. The smallest absolute Gasteiger partial charge is 0.243 e. The van der Waals surface area contributed by atoms with Crippen molar-refractivity contribution in [3.05, 3.63) is 58.6 Å². The van der Waals surface area contributed by atoms with Gasteiger partial charge in [-0.2, -0.15) is 0 Å². The highest BCUT2D eigenvalue weighted by molar-refractivity contribution is 7.92. The van der Waals surface area contributed by atoms with Crippen molar-refractivity contribution in [2.75, 3.05) is 17.2 Å². The highest BCUT2D eigenvalue weighted by Crippen LogP contribution is 2.26. The number of rotatable bonds is 8. The highest BCUT2D eigenvalue weighted by Gasteiger charge is 2.30. The minimum Gasteiger partial charge on any atom is -0.491 e. The van der Waals surface area contributed by atoms with Crippen LogP contribution >= 0.6 is 11.6 Å². The molecular weight excluding hydrogens is 412 g/mol. The number of halogens is 1. The van der Waals surface area contributed by atoms with Crippen molar-refractivity contribution in [1.82, 2.24) is 5.32 Å². The van der Waals surface area contributed by atoms with Gasteiger partial charge in [-0.15, -0.1) is 0 Å². The summed E-state index contributed by atoms with van der Waals surface area (Å²) >= 11 is 6.15. The third kappa shape index (κ3) is 6.37. The predicted octanol–water partition coefficient (Wildman–Crippen LogP) is 3.70. The Balaban J connectivity index is 2.08. The first-order chi connectivity index (χ1) is 13.5. The molecule has 2 aromatic rings. The summed E-state index contributed by atoms with van der Waals surface area (Å²) in [6.07, 6.45) is 1.06. The summed E-state index contributed by atoms with van der Waals surface area (Å²) in [6.45, 7) is 7.41. The average molecular weight is 439 g/mol. The predicted molar refractivity (Wildman–Crippen MR) is 117 cm³/mol. The number of sulfonamides is 1. The summed E-state index contributed by atoms with van der Waals surface area (Å²) in [7, 11) is -3.70. The van der Waals surface area contributed by atoms with Gasteiger partial charge in [0.1, 0.15) is 18.4 Å². The molecule has 0 saturated heterocycles. The second-order valence-electron chi connectivity index (χ2n) is 7.20. The van der Waals surface area contributed by atoms with Crippen LogP contribution in [0.1, 0.15) is 25.0 Å².